The van der Waals surface area contributed by atoms with Gasteiger partial charge in [-0.05, 0) is 55.0 Å². The lowest BCUT2D eigenvalue weighted by Crippen LogP contribution is -2.13. The molecule has 0 unspecified atom stereocenters. The van der Waals surface area contributed by atoms with Crippen LogP contribution in [0.4, 0.5) is 18.9 Å². The van der Waals surface area contributed by atoms with Crippen molar-refractivity contribution in [3.8, 4) is 5.75 Å². The summed E-state index contributed by atoms with van der Waals surface area (Å²) in [7, 11) is 0. The van der Waals surface area contributed by atoms with Crippen LogP contribution in [0.15, 0.2) is 54.6 Å². The maximum Gasteiger partial charge on any atom is 0.416 e. The Morgan fingerprint density at radius 3 is 2.40 bits per heavy atom. The molecule has 0 atom stereocenters. The number of rotatable bonds is 5. The number of carbonyl (C=O) groups excluding carboxylic acids is 1. The number of carbonyl (C=O) groups is 1. The van der Waals surface area contributed by atoms with Gasteiger partial charge in [-0.3, -0.25) is 4.79 Å². The number of halogens is 4. The number of hydrogen-bond donors (Lipinski definition) is 1. The number of ether oxygens (including phenoxy) is 1. The van der Waals surface area contributed by atoms with Crippen molar-refractivity contribution in [3.63, 3.8) is 0 Å². The van der Waals surface area contributed by atoms with Crippen LogP contribution >= 0.6 is 11.6 Å². The second-order valence-electron chi connectivity index (χ2n) is 5.42. The minimum Gasteiger partial charge on any atom is -0.489 e. The molecule has 2 aromatic rings. The molecular weight excluding hydrogens is 355 g/mol. The summed E-state index contributed by atoms with van der Waals surface area (Å²) < 4.78 is 43.7. The van der Waals surface area contributed by atoms with Gasteiger partial charge in [0.25, 0.3) is 5.91 Å². The lowest BCUT2D eigenvalue weighted by atomic mass is 10.1. The van der Waals surface area contributed by atoms with E-state index in [1.807, 2.05) is 6.92 Å². The molecule has 0 aliphatic heterocycles. The summed E-state index contributed by atoms with van der Waals surface area (Å²) in [6.45, 7) is 5.89. The fraction of sp³-hybridized carbons (Fsp3) is 0.167. The molecule has 0 heterocycles. The molecule has 0 aromatic heterocycles. The van der Waals surface area contributed by atoms with Gasteiger partial charge in [0.1, 0.15) is 12.4 Å². The molecule has 0 aliphatic carbocycles. The molecule has 25 heavy (non-hydrogen) atoms. The van der Waals surface area contributed by atoms with Gasteiger partial charge in [-0.1, -0.05) is 18.2 Å². The Kier molecular flexibility index (Phi) is 5.74. The van der Waals surface area contributed by atoms with E-state index in [-0.39, 0.29) is 16.3 Å². The van der Waals surface area contributed by atoms with Gasteiger partial charge in [-0.25, -0.2) is 0 Å². The van der Waals surface area contributed by atoms with Crippen LogP contribution < -0.4 is 10.1 Å². The van der Waals surface area contributed by atoms with Crippen molar-refractivity contribution in [2.75, 3.05) is 11.9 Å². The predicted octanol–water partition coefficient (Wildman–Crippen LogP) is 5.57. The summed E-state index contributed by atoms with van der Waals surface area (Å²) in [5, 5.41) is 2.40. The predicted molar refractivity (Wildman–Crippen MR) is 91.2 cm³/mol. The Morgan fingerprint density at radius 2 is 1.84 bits per heavy atom. The first-order valence-electron chi connectivity index (χ1n) is 7.22. The van der Waals surface area contributed by atoms with Crippen LogP contribution in [0.3, 0.4) is 0 Å². The Hall–Kier alpha value is -2.47. The van der Waals surface area contributed by atoms with Gasteiger partial charge < -0.3 is 10.1 Å². The molecule has 0 spiro atoms. The third-order valence-corrected chi connectivity index (χ3v) is 3.47. The van der Waals surface area contributed by atoms with Crippen LogP contribution in [0.25, 0.3) is 0 Å². The molecule has 2 rings (SSSR count). The zero-order chi connectivity index (χ0) is 18.6. The van der Waals surface area contributed by atoms with Crippen LogP contribution in [-0.2, 0) is 6.18 Å². The van der Waals surface area contributed by atoms with Crippen LogP contribution in [0, 0.1) is 0 Å². The summed E-state index contributed by atoms with van der Waals surface area (Å²) in [5.41, 5.74) is 0.108. The number of benzene rings is 2. The zero-order valence-corrected chi connectivity index (χ0v) is 14.0. The van der Waals surface area contributed by atoms with Crippen molar-refractivity contribution in [2.24, 2.45) is 0 Å². The molecule has 0 radical (unpaired) electrons. The van der Waals surface area contributed by atoms with Gasteiger partial charge in [0.2, 0.25) is 0 Å². The Morgan fingerprint density at radius 1 is 1.20 bits per heavy atom. The van der Waals surface area contributed by atoms with E-state index in [1.165, 1.54) is 12.1 Å². The first-order valence-corrected chi connectivity index (χ1v) is 7.60. The molecular formula is C18H15ClF3NO2. The highest BCUT2D eigenvalue weighted by Crippen LogP contribution is 2.34. The Balaban J connectivity index is 2.13. The Bertz CT molecular complexity index is 786. The summed E-state index contributed by atoms with van der Waals surface area (Å²) in [6, 6.07) is 8.93. The lowest BCUT2D eigenvalue weighted by molar-refractivity contribution is -0.137. The standard InChI is InChI=1S/C18H15ClF3NO2/c1-11(2)10-25-14-6-3-12(4-7-14)17(24)23-16-9-13(18(20,21)22)5-8-15(16)19/h3-9H,1,10H2,2H3,(H,23,24). The van der Waals surface area contributed by atoms with E-state index in [1.54, 1.807) is 12.1 Å². The molecule has 0 aliphatic rings. The van der Waals surface area contributed by atoms with Crippen LogP contribution in [0.5, 0.6) is 5.75 Å². The first-order chi connectivity index (χ1) is 11.7. The SMILES string of the molecule is C=C(C)COc1ccc(C(=O)Nc2cc(C(F)(F)F)ccc2Cl)cc1. The van der Waals surface area contributed by atoms with Crippen molar-refractivity contribution in [1.82, 2.24) is 0 Å². The second kappa shape index (κ2) is 7.61. The average molecular weight is 370 g/mol. The fourth-order valence-corrected chi connectivity index (χ4v) is 2.07. The first kappa shape index (κ1) is 18.9. The van der Waals surface area contributed by atoms with E-state index >= 15 is 0 Å². The maximum atomic E-state index is 12.8. The van der Waals surface area contributed by atoms with Crippen molar-refractivity contribution in [3.05, 3.63) is 70.8 Å². The van der Waals surface area contributed by atoms with E-state index in [4.69, 9.17) is 16.3 Å². The van der Waals surface area contributed by atoms with Gasteiger partial charge in [0, 0.05) is 5.56 Å². The molecule has 0 bridgehead atoms. The van der Waals surface area contributed by atoms with Gasteiger partial charge in [-0.2, -0.15) is 13.2 Å². The Labute approximate surface area is 148 Å². The monoisotopic (exact) mass is 369 g/mol. The molecule has 7 heteroatoms. The molecule has 1 amide bonds. The van der Waals surface area contributed by atoms with Gasteiger partial charge >= 0.3 is 6.18 Å². The van der Waals surface area contributed by atoms with Crippen molar-refractivity contribution >= 4 is 23.2 Å². The highest BCUT2D eigenvalue weighted by molar-refractivity contribution is 6.34. The smallest absolute Gasteiger partial charge is 0.416 e. The minimum atomic E-state index is -4.52. The number of anilines is 1. The number of nitrogens with one attached hydrogen (secondary N) is 1. The number of amides is 1. The number of hydrogen-bond acceptors (Lipinski definition) is 2. The van der Waals surface area contributed by atoms with E-state index in [9.17, 15) is 18.0 Å². The molecule has 3 nitrogen and oxygen atoms in total. The third-order valence-electron chi connectivity index (χ3n) is 3.14. The molecule has 0 fully saturated rings. The van der Waals surface area contributed by atoms with Gasteiger partial charge in [-0.15, -0.1) is 0 Å². The summed E-state index contributed by atoms with van der Waals surface area (Å²) >= 11 is 5.86. The zero-order valence-electron chi connectivity index (χ0n) is 13.3. The second-order valence-corrected chi connectivity index (χ2v) is 5.82. The maximum absolute atomic E-state index is 12.8. The van der Waals surface area contributed by atoms with E-state index in [0.29, 0.717) is 12.4 Å². The van der Waals surface area contributed by atoms with Crippen LogP contribution in [-0.4, -0.2) is 12.5 Å². The topological polar surface area (TPSA) is 38.3 Å². The van der Waals surface area contributed by atoms with Crippen molar-refractivity contribution in [2.45, 2.75) is 13.1 Å². The van der Waals surface area contributed by atoms with E-state index in [2.05, 4.69) is 11.9 Å². The van der Waals surface area contributed by atoms with E-state index < -0.39 is 17.6 Å². The molecule has 1 N–H and O–H groups in total. The van der Waals surface area contributed by atoms with E-state index in [0.717, 1.165) is 23.8 Å². The fourth-order valence-electron chi connectivity index (χ4n) is 1.90. The quantitative estimate of drug-likeness (QED) is 0.700. The number of alkyl halides is 3. The van der Waals surface area contributed by atoms with Gasteiger partial charge in [0.05, 0.1) is 16.3 Å². The summed E-state index contributed by atoms with van der Waals surface area (Å²) in [6.07, 6.45) is -4.52. The molecule has 0 saturated carbocycles. The summed E-state index contributed by atoms with van der Waals surface area (Å²) in [5.74, 6) is -0.0238. The highest BCUT2D eigenvalue weighted by atomic mass is 35.5. The van der Waals surface area contributed by atoms with Crippen molar-refractivity contribution < 1.29 is 22.7 Å². The largest absolute Gasteiger partial charge is 0.489 e. The lowest BCUT2D eigenvalue weighted by Gasteiger charge is -2.12. The molecule has 0 saturated heterocycles. The minimum absolute atomic E-state index is 0.0164. The van der Waals surface area contributed by atoms with Crippen molar-refractivity contribution in [1.29, 1.82) is 0 Å². The average Bonchev–Trinajstić information content (AvgIpc) is 2.54. The molecule has 2 aromatic carbocycles. The molecule has 132 valence electrons. The van der Waals surface area contributed by atoms with Crippen LogP contribution in [0.1, 0.15) is 22.8 Å². The van der Waals surface area contributed by atoms with Crippen LogP contribution in [0.2, 0.25) is 5.02 Å². The normalized spacial score (nSPS) is 11.1. The van der Waals surface area contributed by atoms with Gasteiger partial charge in [0.15, 0.2) is 0 Å². The third kappa shape index (κ3) is 5.26. The summed E-state index contributed by atoms with van der Waals surface area (Å²) in [4.78, 5) is 12.2. The highest BCUT2D eigenvalue weighted by Gasteiger charge is 2.31.